The molecular weight excluding hydrogens is 102 g/mol. The van der Waals surface area contributed by atoms with Gasteiger partial charge in [0.2, 0.25) is 0 Å². The summed E-state index contributed by atoms with van der Waals surface area (Å²) >= 11 is 0. The molecule has 0 saturated carbocycles. The third-order valence-electron chi connectivity index (χ3n) is 1.41. The summed E-state index contributed by atoms with van der Waals surface area (Å²) in [5, 5.41) is 3.07. The smallest absolute Gasteiger partial charge is 0.147 e. The first kappa shape index (κ1) is 5.35. The molecule has 0 aromatic heterocycles. The molecule has 0 aliphatic carbocycles. The number of nitrogens with one attached hydrogen (secondary N) is 1. The average Bonchev–Trinajstić information content (AvgIpc) is 2.14. The summed E-state index contributed by atoms with van der Waals surface area (Å²) in [4.78, 5) is 10.1. The Bertz CT molecular complexity index is 137. The molecule has 0 unspecified atom stereocenters. The fraction of sp³-hybridized carbons (Fsp3) is 0.500. The van der Waals surface area contributed by atoms with E-state index in [1.165, 1.54) is 0 Å². The lowest BCUT2D eigenvalue weighted by Crippen LogP contribution is -2.03. The predicted molar refractivity (Wildman–Crippen MR) is 31.4 cm³/mol. The Morgan fingerprint density at radius 1 is 1.75 bits per heavy atom. The van der Waals surface area contributed by atoms with Gasteiger partial charge in [0, 0.05) is 17.8 Å². The minimum Gasteiger partial charge on any atom is -0.388 e. The van der Waals surface area contributed by atoms with Crippen LogP contribution in [0.15, 0.2) is 11.3 Å². The van der Waals surface area contributed by atoms with Gasteiger partial charge in [0.25, 0.3) is 0 Å². The van der Waals surface area contributed by atoms with Crippen LogP contribution in [0.5, 0.6) is 0 Å². The van der Waals surface area contributed by atoms with Gasteiger partial charge in [-0.3, -0.25) is 4.79 Å². The van der Waals surface area contributed by atoms with Crippen LogP contribution in [0.1, 0.15) is 13.3 Å². The molecule has 1 N–H and O–H groups in total. The molecule has 0 amide bonds. The topological polar surface area (TPSA) is 29.1 Å². The van der Waals surface area contributed by atoms with Gasteiger partial charge in [0.15, 0.2) is 0 Å². The summed E-state index contributed by atoms with van der Waals surface area (Å²) in [7, 11) is 0. The van der Waals surface area contributed by atoms with Gasteiger partial charge in [0.1, 0.15) is 6.29 Å². The Labute approximate surface area is 48.6 Å². The van der Waals surface area contributed by atoms with Crippen LogP contribution in [0.3, 0.4) is 0 Å². The van der Waals surface area contributed by atoms with E-state index < -0.39 is 0 Å². The number of carbonyl (C=O) groups excluding carboxylic acids is 1. The quantitative estimate of drug-likeness (QED) is 0.498. The summed E-state index contributed by atoms with van der Waals surface area (Å²) in [5.41, 5.74) is 1.96. The van der Waals surface area contributed by atoms with Crippen molar-refractivity contribution in [1.82, 2.24) is 5.32 Å². The van der Waals surface area contributed by atoms with Crippen LogP contribution in [0, 0.1) is 0 Å². The second-order valence-corrected chi connectivity index (χ2v) is 1.94. The zero-order valence-corrected chi connectivity index (χ0v) is 4.90. The maximum absolute atomic E-state index is 10.1. The summed E-state index contributed by atoms with van der Waals surface area (Å²) in [6.45, 7) is 2.86. The zero-order valence-electron chi connectivity index (χ0n) is 4.90. The van der Waals surface area contributed by atoms with Crippen molar-refractivity contribution >= 4 is 6.29 Å². The zero-order chi connectivity index (χ0) is 5.98. The van der Waals surface area contributed by atoms with Gasteiger partial charge in [0.05, 0.1) is 0 Å². The molecule has 0 bridgehead atoms. The number of rotatable bonds is 1. The lowest BCUT2D eigenvalue weighted by Gasteiger charge is -1.90. The summed E-state index contributed by atoms with van der Waals surface area (Å²) < 4.78 is 0. The Kier molecular flexibility index (Phi) is 1.33. The summed E-state index contributed by atoms with van der Waals surface area (Å²) in [5.74, 6) is 0. The number of carbonyl (C=O) groups is 1. The maximum atomic E-state index is 10.1. The molecule has 1 aliphatic rings. The van der Waals surface area contributed by atoms with Crippen LogP contribution < -0.4 is 5.32 Å². The lowest BCUT2D eigenvalue weighted by molar-refractivity contribution is -0.105. The number of allylic oxidation sites excluding steroid dienone is 1. The molecule has 0 radical (unpaired) electrons. The maximum Gasteiger partial charge on any atom is 0.147 e. The van der Waals surface area contributed by atoms with Crippen molar-refractivity contribution in [3.05, 3.63) is 11.3 Å². The van der Waals surface area contributed by atoms with E-state index in [1.807, 2.05) is 6.92 Å². The van der Waals surface area contributed by atoms with E-state index >= 15 is 0 Å². The van der Waals surface area contributed by atoms with Gasteiger partial charge in [-0.15, -0.1) is 0 Å². The first-order chi connectivity index (χ1) is 3.84. The van der Waals surface area contributed by atoms with Crippen LogP contribution >= 0.6 is 0 Å². The highest BCUT2D eigenvalue weighted by Crippen LogP contribution is 2.08. The van der Waals surface area contributed by atoms with Crippen molar-refractivity contribution in [1.29, 1.82) is 0 Å². The lowest BCUT2D eigenvalue weighted by atomic mass is 10.2. The molecule has 2 nitrogen and oxygen atoms in total. The van der Waals surface area contributed by atoms with E-state index in [2.05, 4.69) is 5.32 Å². The second-order valence-electron chi connectivity index (χ2n) is 1.94. The van der Waals surface area contributed by atoms with Crippen molar-refractivity contribution in [2.75, 3.05) is 6.54 Å². The largest absolute Gasteiger partial charge is 0.388 e. The van der Waals surface area contributed by atoms with Crippen LogP contribution in [0.2, 0.25) is 0 Å². The Hall–Kier alpha value is -0.790. The predicted octanol–water partition coefficient (Wildman–Crippen LogP) is 0.453. The molecule has 0 fully saturated rings. The third kappa shape index (κ3) is 0.735. The van der Waals surface area contributed by atoms with Gasteiger partial charge in [-0.2, -0.15) is 0 Å². The SMILES string of the molecule is CC1=C(C=O)CCN1. The van der Waals surface area contributed by atoms with Crippen molar-refractivity contribution in [3.63, 3.8) is 0 Å². The first-order valence-corrected chi connectivity index (χ1v) is 2.73. The molecule has 0 aromatic carbocycles. The van der Waals surface area contributed by atoms with E-state index in [-0.39, 0.29) is 0 Å². The Morgan fingerprint density at radius 2 is 2.50 bits per heavy atom. The van der Waals surface area contributed by atoms with Crippen molar-refractivity contribution < 1.29 is 4.79 Å². The van der Waals surface area contributed by atoms with Gasteiger partial charge >= 0.3 is 0 Å². The monoisotopic (exact) mass is 111 g/mol. The summed E-state index contributed by atoms with van der Waals surface area (Å²) in [6.07, 6.45) is 1.82. The second kappa shape index (κ2) is 1.99. The molecule has 2 heteroatoms. The molecular formula is C6H9NO. The van der Waals surface area contributed by atoms with Crippen molar-refractivity contribution in [2.24, 2.45) is 0 Å². The highest BCUT2D eigenvalue weighted by molar-refractivity contribution is 5.75. The van der Waals surface area contributed by atoms with E-state index in [9.17, 15) is 4.79 Å². The van der Waals surface area contributed by atoms with Crippen molar-refractivity contribution in [3.8, 4) is 0 Å². The van der Waals surface area contributed by atoms with Gasteiger partial charge in [-0.05, 0) is 13.3 Å². The highest BCUT2D eigenvalue weighted by Gasteiger charge is 2.06. The minimum absolute atomic E-state index is 0.898. The first-order valence-electron chi connectivity index (χ1n) is 2.73. The van der Waals surface area contributed by atoms with E-state index in [0.717, 1.165) is 30.5 Å². The van der Waals surface area contributed by atoms with Crippen molar-refractivity contribution in [2.45, 2.75) is 13.3 Å². The van der Waals surface area contributed by atoms with Gasteiger partial charge < -0.3 is 5.32 Å². The fourth-order valence-corrected chi connectivity index (χ4v) is 0.833. The van der Waals surface area contributed by atoms with Crippen LogP contribution in [0.25, 0.3) is 0 Å². The molecule has 1 rings (SSSR count). The molecule has 44 valence electrons. The molecule has 0 atom stereocenters. The van der Waals surface area contributed by atoms with Gasteiger partial charge in [-0.1, -0.05) is 0 Å². The molecule has 8 heavy (non-hydrogen) atoms. The molecule has 0 aromatic rings. The molecule has 1 heterocycles. The van der Waals surface area contributed by atoms with E-state index in [1.54, 1.807) is 0 Å². The van der Waals surface area contributed by atoms with E-state index in [0.29, 0.717) is 0 Å². The third-order valence-corrected chi connectivity index (χ3v) is 1.41. The Morgan fingerprint density at radius 3 is 2.75 bits per heavy atom. The van der Waals surface area contributed by atoms with E-state index in [4.69, 9.17) is 0 Å². The number of hydrogen-bond acceptors (Lipinski definition) is 2. The molecule has 0 saturated heterocycles. The summed E-state index contributed by atoms with van der Waals surface area (Å²) in [6, 6.07) is 0. The average molecular weight is 111 g/mol. The number of aldehydes is 1. The fourth-order valence-electron chi connectivity index (χ4n) is 0.833. The van der Waals surface area contributed by atoms with Crippen LogP contribution in [0.4, 0.5) is 0 Å². The molecule has 0 spiro atoms. The Balaban J connectivity index is 2.72. The van der Waals surface area contributed by atoms with Crippen LogP contribution in [-0.2, 0) is 4.79 Å². The van der Waals surface area contributed by atoms with Crippen LogP contribution in [-0.4, -0.2) is 12.8 Å². The van der Waals surface area contributed by atoms with Gasteiger partial charge in [-0.25, -0.2) is 0 Å². The standard InChI is InChI=1S/C6H9NO/c1-5-6(4-8)2-3-7-5/h4,7H,2-3H2,1H3. The highest BCUT2D eigenvalue weighted by atomic mass is 16.1. The normalized spacial score (nSPS) is 18.6. The number of hydrogen-bond donors (Lipinski definition) is 1. The minimum atomic E-state index is 0.898. The molecule has 1 aliphatic heterocycles.